The van der Waals surface area contributed by atoms with Crippen molar-refractivity contribution < 1.29 is 19.4 Å². The zero-order valence-corrected chi connectivity index (χ0v) is 11.3. The summed E-state index contributed by atoms with van der Waals surface area (Å²) in [4.78, 5) is 11.1. The summed E-state index contributed by atoms with van der Waals surface area (Å²) in [5, 5.41) is 9.11. The van der Waals surface area contributed by atoms with E-state index in [1.807, 2.05) is 48.5 Å². The topological polar surface area (TPSA) is 55.8 Å². The van der Waals surface area contributed by atoms with Crippen molar-refractivity contribution >= 4 is 11.5 Å². The minimum atomic E-state index is -0.983. The zero-order valence-electron chi connectivity index (χ0n) is 11.3. The monoisotopic (exact) mass is 282 g/mol. The molecule has 0 unspecified atom stereocenters. The zero-order chi connectivity index (χ0) is 14.7. The van der Waals surface area contributed by atoms with Gasteiger partial charge >= 0.3 is 5.97 Å². The number of fused-ring (bicyclic) bond motifs is 1. The van der Waals surface area contributed by atoms with Crippen LogP contribution in [0.2, 0.25) is 0 Å². The molecular weight excluding hydrogens is 268 g/mol. The Hall–Kier alpha value is -2.75. The van der Waals surface area contributed by atoms with Crippen LogP contribution in [0.15, 0.2) is 54.6 Å². The van der Waals surface area contributed by atoms with Crippen molar-refractivity contribution in [2.45, 2.75) is 0 Å². The number of rotatable bonds is 3. The molecule has 4 nitrogen and oxygen atoms in total. The second-order valence-corrected chi connectivity index (χ2v) is 4.62. The third-order valence-corrected chi connectivity index (χ3v) is 3.21. The van der Waals surface area contributed by atoms with E-state index in [1.54, 1.807) is 0 Å². The third-order valence-electron chi connectivity index (χ3n) is 3.21. The molecule has 4 heteroatoms. The lowest BCUT2D eigenvalue weighted by atomic mass is 9.97. The van der Waals surface area contributed by atoms with Gasteiger partial charge < -0.3 is 14.6 Å². The molecule has 0 fully saturated rings. The Balaban J connectivity index is 2.07. The van der Waals surface area contributed by atoms with Crippen LogP contribution in [0.1, 0.15) is 11.1 Å². The Morgan fingerprint density at radius 2 is 1.67 bits per heavy atom. The van der Waals surface area contributed by atoms with Gasteiger partial charge in [0.15, 0.2) is 11.5 Å². The Labute approximate surface area is 122 Å². The molecule has 0 aliphatic carbocycles. The van der Waals surface area contributed by atoms with E-state index >= 15 is 0 Å². The maximum Gasteiger partial charge on any atom is 0.328 e. The van der Waals surface area contributed by atoms with Crippen molar-refractivity contribution in [3.05, 3.63) is 65.7 Å². The van der Waals surface area contributed by atoms with Gasteiger partial charge in [0.1, 0.15) is 13.2 Å². The average Bonchev–Trinajstić information content (AvgIpc) is 2.53. The van der Waals surface area contributed by atoms with Crippen LogP contribution in [0.5, 0.6) is 11.5 Å². The van der Waals surface area contributed by atoms with Gasteiger partial charge in [-0.2, -0.15) is 0 Å². The van der Waals surface area contributed by atoms with E-state index in [0.29, 0.717) is 30.3 Å². The van der Waals surface area contributed by atoms with Crippen LogP contribution >= 0.6 is 0 Å². The van der Waals surface area contributed by atoms with Gasteiger partial charge in [0, 0.05) is 6.08 Å². The van der Waals surface area contributed by atoms with Gasteiger partial charge in [-0.3, -0.25) is 0 Å². The Morgan fingerprint density at radius 1 is 0.952 bits per heavy atom. The van der Waals surface area contributed by atoms with Crippen molar-refractivity contribution in [3.8, 4) is 11.5 Å². The molecule has 0 spiro atoms. The molecule has 2 aromatic carbocycles. The molecule has 1 heterocycles. The van der Waals surface area contributed by atoms with E-state index in [9.17, 15) is 4.79 Å². The summed E-state index contributed by atoms with van der Waals surface area (Å²) in [6.45, 7) is 1.03. The predicted octanol–water partition coefficient (Wildman–Crippen LogP) is 2.97. The highest BCUT2D eigenvalue weighted by Gasteiger charge is 2.14. The summed E-state index contributed by atoms with van der Waals surface area (Å²) >= 11 is 0. The van der Waals surface area contributed by atoms with Crippen molar-refractivity contribution in [1.29, 1.82) is 0 Å². The second-order valence-electron chi connectivity index (χ2n) is 4.62. The minimum absolute atomic E-state index is 0.500. The lowest BCUT2D eigenvalue weighted by Gasteiger charge is -2.19. The maximum atomic E-state index is 11.1. The first-order valence-corrected chi connectivity index (χ1v) is 6.64. The van der Waals surface area contributed by atoms with Crippen LogP contribution in [-0.2, 0) is 4.79 Å². The van der Waals surface area contributed by atoms with E-state index in [0.717, 1.165) is 11.1 Å². The van der Waals surface area contributed by atoms with E-state index in [-0.39, 0.29) is 0 Å². The summed E-state index contributed by atoms with van der Waals surface area (Å²) in [5.74, 6) is 0.349. The normalized spacial score (nSPS) is 13.8. The Bertz CT molecular complexity index is 689. The first-order chi connectivity index (χ1) is 10.2. The van der Waals surface area contributed by atoms with Gasteiger partial charge in [0.05, 0.1) is 0 Å². The van der Waals surface area contributed by atoms with Crippen molar-refractivity contribution in [2.24, 2.45) is 0 Å². The third kappa shape index (κ3) is 2.89. The van der Waals surface area contributed by atoms with Crippen molar-refractivity contribution in [1.82, 2.24) is 0 Å². The summed E-state index contributed by atoms with van der Waals surface area (Å²) in [5.41, 5.74) is 2.27. The molecular formula is C17H14O4. The fourth-order valence-corrected chi connectivity index (χ4v) is 2.29. The number of hydrogen-bond donors (Lipinski definition) is 1. The molecule has 21 heavy (non-hydrogen) atoms. The van der Waals surface area contributed by atoms with Gasteiger partial charge in [-0.25, -0.2) is 4.79 Å². The molecule has 1 aliphatic rings. The fraction of sp³-hybridized carbons (Fsp3) is 0.118. The molecule has 0 amide bonds. The number of benzene rings is 2. The molecule has 0 aromatic heterocycles. The standard InChI is InChI=1S/C17H14O4/c18-17(19)11-14(12-4-2-1-3-5-12)13-6-7-15-16(10-13)21-9-8-20-15/h1-7,10-11H,8-9H2,(H,18,19)/b14-11+. The quantitative estimate of drug-likeness (QED) is 0.879. The molecule has 106 valence electrons. The van der Waals surface area contributed by atoms with Gasteiger partial charge in [-0.15, -0.1) is 0 Å². The maximum absolute atomic E-state index is 11.1. The number of hydrogen-bond acceptors (Lipinski definition) is 3. The van der Waals surface area contributed by atoms with Crippen molar-refractivity contribution in [3.63, 3.8) is 0 Å². The summed E-state index contributed by atoms with van der Waals surface area (Å²) in [7, 11) is 0. The van der Waals surface area contributed by atoms with Crippen LogP contribution in [0.25, 0.3) is 5.57 Å². The molecule has 0 radical (unpaired) electrons. The highest BCUT2D eigenvalue weighted by atomic mass is 16.6. The van der Waals surface area contributed by atoms with Gasteiger partial charge in [0.25, 0.3) is 0 Å². The van der Waals surface area contributed by atoms with Crippen LogP contribution in [0.4, 0.5) is 0 Å². The smallest absolute Gasteiger partial charge is 0.328 e. The van der Waals surface area contributed by atoms with Crippen LogP contribution in [0.3, 0.4) is 0 Å². The van der Waals surface area contributed by atoms with Crippen molar-refractivity contribution in [2.75, 3.05) is 13.2 Å². The van der Waals surface area contributed by atoms with E-state index in [2.05, 4.69) is 0 Å². The number of ether oxygens (including phenoxy) is 2. The number of carbonyl (C=O) groups is 1. The van der Waals surface area contributed by atoms with Crippen LogP contribution < -0.4 is 9.47 Å². The Kier molecular flexibility index (Phi) is 3.60. The molecule has 0 saturated heterocycles. The Morgan fingerprint density at radius 3 is 2.38 bits per heavy atom. The SMILES string of the molecule is O=C(O)/C=C(\c1ccccc1)c1ccc2c(c1)OCCO2. The van der Waals surface area contributed by atoms with E-state index < -0.39 is 5.97 Å². The lowest BCUT2D eigenvalue weighted by molar-refractivity contribution is -0.131. The molecule has 0 bridgehead atoms. The first-order valence-electron chi connectivity index (χ1n) is 6.64. The highest BCUT2D eigenvalue weighted by molar-refractivity contribution is 5.95. The molecule has 0 atom stereocenters. The minimum Gasteiger partial charge on any atom is -0.486 e. The average molecular weight is 282 g/mol. The molecule has 0 saturated carbocycles. The van der Waals surface area contributed by atoms with E-state index in [1.165, 1.54) is 6.08 Å². The molecule has 1 N–H and O–H groups in total. The van der Waals surface area contributed by atoms with Crippen LogP contribution in [-0.4, -0.2) is 24.3 Å². The van der Waals surface area contributed by atoms with Gasteiger partial charge in [-0.1, -0.05) is 36.4 Å². The number of aliphatic carboxylic acids is 1. The fourth-order valence-electron chi connectivity index (χ4n) is 2.29. The van der Waals surface area contributed by atoms with Gasteiger partial charge in [-0.05, 0) is 28.8 Å². The predicted molar refractivity (Wildman–Crippen MR) is 78.6 cm³/mol. The van der Waals surface area contributed by atoms with Crippen LogP contribution in [0, 0.1) is 0 Å². The summed E-state index contributed by atoms with van der Waals surface area (Å²) in [6.07, 6.45) is 1.21. The number of carboxylic acid groups (broad SMARTS) is 1. The van der Waals surface area contributed by atoms with Gasteiger partial charge in [0.2, 0.25) is 0 Å². The highest BCUT2D eigenvalue weighted by Crippen LogP contribution is 2.34. The number of carboxylic acids is 1. The second kappa shape index (κ2) is 5.71. The van der Waals surface area contributed by atoms with E-state index in [4.69, 9.17) is 14.6 Å². The molecule has 1 aliphatic heterocycles. The molecule has 2 aromatic rings. The lowest BCUT2D eigenvalue weighted by Crippen LogP contribution is -2.15. The summed E-state index contributed by atoms with van der Waals surface area (Å²) < 4.78 is 11.0. The first kappa shape index (κ1) is 13.2. The molecule has 3 rings (SSSR count). The largest absolute Gasteiger partial charge is 0.486 e. The summed E-state index contributed by atoms with van der Waals surface area (Å²) in [6, 6.07) is 14.9.